The Morgan fingerprint density at radius 1 is 1.08 bits per heavy atom. The molecule has 4 aliphatic carbocycles. The maximum atomic E-state index is 10.2. The van der Waals surface area contributed by atoms with E-state index in [-0.39, 0.29) is 6.10 Å². The third-order valence-corrected chi connectivity index (χ3v) is 9.03. The largest absolute Gasteiger partial charge is 0.393 e. The molecule has 24 heavy (non-hydrogen) atoms. The smallest absolute Gasteiger partial charge is 0.0665 e. The van der Waals surface area contributed by atoms with Gasteiger partial charge in [-0.2, -0.15) is 5.10 Å². The molecular formula is C21H32N2O. The van der Waals surface area contributed by atoms with Crippen molar-refractivity contribution in [3.63, 3.8) is 0 Å². The SMILES string of the molecule is Cc1[nH]nc2c1[C@@]1(C)CC[C@H]3[C@@H](CC[C@H]4C[C@@H](O)CC[C@@]43C)[C@H]1C2. The standard InChI is InChI=1S/C21H32N2O/c1-12-19-18(23-22-12)11-17-15-5-4-13-10-14(24)6-8-20(13,2)16(15)7-9-21(17,19)3/h13-17,24H,4-11H2,1-3H3,(H,22,23)/t13-,14-,15+,16-,17+,20-,21-/m0/s1. The first-order valence-corrected chi connectivity index (χ1v) is 10.2. The maximum absolute atomic E-state index is 10.2. The van der Waals surface area contributed by atoms with Gasteiger partial charge < -0.3 is 5.11 Å². The van der Waals surface area contributed by atoms with Crippen molar-refractivity contribution in [3.05, 3.63) is 17.0 Å². The summed E-state index contributed by atoms with van der Waals surface area (Å²) in [7, 11) is 0. The van der Waals surface area contributed by atoms with Crippen LogP contribution in [-0.4, -0.2) is 21.4 Å². The van der Waals surface area contributed by atoms with Crippen LogP contribution in [0.1, 0.15) is 75.7 Å². The molecule has 132 valence electrons. The molecule has 3 nitrogen and oxygen atoms in total. The molecule has 3 saturated carbocycles. The molecule has 0 aromatic carbocycles. The molecule has 0 unspecified atom stereocenters. The number of H-pyrrole nitrogens is 1. The van der Waals surface area contributed by atoms with Gasteiger partial charge in [0.25, 0.3) is 0 Å². The zero-order valence-corrected chi connectivity index (χ0v) is 15.4. The van der Waals surface area contributed by atoms with Gasteiger partial charge in [0.15, 0.2) is 0 Å². The van der Waals surface area contributed by atoms with Crippen molar-refractivity contribution in [2.45, 2.75) is 83.7 Å². The van der Waals surface area contributed by atoms with Gasteiger partial charge in [0.1, 0.15) is 0 Å². The van der Waals surface area contributed by atoms with E-state index in [2.05, 4.69) is 31.0 Å². The van der Waals surface area contributed by atoms with E-state index < -0.39 is 0 Å². The summed E-state index contributed by atoms with van der Waals surface area (Å²) in [6.45, 7) is 7.32. The van der Waals surface area contributed by atoms with Crippen molar-refractivity contribution in [2.75, 3.05) is 0 Å². The molecule has 0 spiro atoms. The molecule has 1 aromatic rings. The van der Waals surface area contributed by atoms with Crippen molar-refractivity contribution in [3.8, 4) is 0 Å². The lowest BCUT2D eigenvalue weighted by molar-refractivity contribution is -0.111. The summed E-state index contributed by atoms with van der Waals surface area (Å²) < 4.78 is 0. The molecule has 3 fully saturated rings. The second kappa shape index (κ2) is 4.87. The minimum Gasteiger partial charge on any atom is -0.393 e. The fraction of sp³-hybridized carbons (Fsp3) is 0.857. The molecule has 0 bridgehead atoms. The molecule has 7 atom stereocenters. The summed E-state index contributed by atoms with van der Waals surface area (Å²) in [5, 5.41) is 18.1. The summed E-state index contributed by atoms with van der Waals surface area (Å²) in [6, 6.07) is 0. The van der Waals surface area contributed by atoms with E-state index in [1.807, 2.05) is 0 Å². The van der Waals surface area contributed by atoms with Crippen molar-refractivity contribution in [2.24, 2.45) is 29.1 Å². The van der Waals surface area contributed by atoms with Gasteiger partial charge in [0.05, 0.1) is 11.8 Å². The second-order valence-corrected chi connectivity index (χ2v) is 9.92. The number of aliphatic hydroxyl groups excluding tert-OH is 1. The van der Waals surface area contributed by atoms with Crippen molar-refractivity contribution >= 4 is 0 Å². The van der Waals surface area contributed by atoms with E-state index in [9.17, 15) is 5.11 Å². The van der Waals surface area contributed by atoms with Gasteiger partial charge in [-0.25, -0.2) is 0 Å². The second-order valence-electron chi connectivity index (χ2n) is 9.92. The lowest BCUT2D eigenvalue weighted by atomic mass is 9.45. The average Bonchev–Trinajstić information content (AvgIpc) is 3.06. The van der Waals surface area contributed by atoms with Crippen LogP contribution in [0.25, 0.3) is 0 Å². The highest BCUT2D eigenvalue weighted by molar-refractivity contribution is 5.40. The Kier molecular flexibility index (Phi) is 3.13. The lowest BCUT2D eigenvalue weighted by Gasteiger charge is -2.60. The first-order valence-electron chi connectivity index (χ1n) is 10.2. The van der Waals surface area contributed by atoms with Crippen LogP contribution in [0.3, 0.4) is 0 Å². The van der Waals surface area contributed by atoms with E-state index in [4.69, 9.17) is 0 Å². The number of hydrogen-bond donors (Lipinski definition) is 2. The molecule has 4 aliphatic rings. The monoisotopic (exact) mass is 328 g/mol. The van der Waals surface area contributed by atoms with Crippen LogP contribution in [0, 0.1) is 36.0 Å². The Balaban J connectivity index is 1.50. The highest BCUT2D eigenvalue weighted by Gasteiger charge is 2.59. The van der Waals surface area contributed by atoms with Gasteiger partial charge in [-0.1, -0.05) is 13.8 Å². The number of fused-ring (bicyclic) bond motifs is 7. The van der Waals surface area contributed by atoms with Crippen molar-refractivity contribution in [1.29, 1.82) is 0 Å². The lowest BCUT2D eigenvalue weighted by Crippen LogP contribution is -2.54. The van der Waals surface area contributed by atoms with Crippen molar-refractivity contribution in [1.82, 2.24) is 10.2 Å². The molecule has 1 heterocycles. The average molecular weight is 329 g/mol. The number of aromatic nitrogens is 2. The third kappa shape index (κ3) is 1.80. The van der Waals surface area contributed by atoms with Crippen LogP contribution >= 0.6 is 0 Å². The number of nitrogens with zero attached hydrogens (tertiary/aromatic N) is 1. The fourth-order valence-electron chi connectivity index (χ4n) is 7.84. The number of nitrogens with one attached hydrogen (secondary N) is 1. The molecule has 1 aromatic heterocycles. The van der Waals surface area contributed by atoms with Crippen LogP contribution in [-0.2, 0) is 11.8 Å². The summed E-state index contributed by atoms with van der Waals surface area (Å²) in [5.74, 6) is 3.29. The minimum absolute atomic E-state index is 0.0347. The van der Waals surface area contributed by atoms with Gasteiger partial charge in [-0.3, -0.25) is 5.10 Å². The summed E-state index contributed by atoms with van der Waals surface area (Å²) in [5.41, 5.74) is 5.08. The first-order chi connectivity index (χ1) is 11.4. The molecule has 0 saturated heterocycles. The Bertz CT molecular complexity index is 667. The molecule has 0 radical (unpaired) electrons. The quantitative estimate of drug-likeness (QED) is 0.752. The zero-order valence-electron chi connectivity index (χ0n) is 15.4. The third-order valence-electron chi connectivity index (χ3n) is 9.03. The predicted octanol–water partition coefficient (Wildman–Crippen LogP) is 4.14. The topological polar surface area (TPSA) is 48.9 Å². The van der Waals surface area contributed by atoms with Gasteiger partial charge >= 0.3 is 0 Å². The number of aryl methyl sites for hydroxylation is 1. The normalized spacial score (nSPS) is 49.9. The van der Waals surface area contributed by atoms with Gasteiger partial charge in [0.2, 0.25) is 0 Å². The molecular weight excluding hydrogens is 296 g/mol. The molecule has 0 aliphatic heterocycles. The number of aromatic amines is 1. The van der Waals surface area contributed by atoms with Crippen LogP contribution in [0.15, 0.2) is 0 Å². The molecule has 2 N–H and O–H groups in total. The Hall–Kier alpha value is -0.830. The van der Waals surface area contributed by atoms with Gasteiger partial charge in [-0.05, 0) is 92.8 Å². The molecule has 0 amide bonds. The summed E-state index contributed by atoms with van der Waals surface area (Å²) in [4.78, 5) is 0. The predicted molar refractivity (Wildman–Crippen MR) is 94.8 cm³/mol. The Morgan fingerprint density at radius 2 is 1.92 bits per heavy atom. The highest BCUT2D eigenvalue weighted by atomic mass is 16.3. The van der Waals surface area contributed by atoms with Gasteiger partial charge in [-0.15, -0.1) is 0 Å². The Morgan fingerprint density at radius 3 is 2.75 bits per heavy atom. The highest BCUT2D eigenvalue weighted by Crippen LogP contribution is 2.65. The fourth-order valence-corrected chi connectivity index (χ4v) is 7.84. The molecule has 3 heteroatoms. The number of hydrogen-bond acceptors (Lipinski definition) is 2. The Labute approximate surface area is 145 Å². The van der Waals surface area contributed by atoms with E-state index in [0.29, 0.717) is 10.8 Å². The van der Waals surface area contributed by atoms with E-state index >= 15 is 0 Å². The van der Waals surface area contributed by atoms with E-state index in [1.54, 1.807) is 5.56 Å². The summed E-state index contributed by atoms with van der Waals surface area (Å²) in [6.07, 6.45) is 9.92. The maximum Gasteiger partial charge on any atom is 0.0665 e. The number of aliphatic hydroxyl groups is 1. The van der Waals surface area contributed by atoms with Crippen molar-refractivity contribution < 1.29 is 5.11 Å². The van der Waals surface area contributed by atoms with E-state index in [0.717, 1.165) is 36.5 Å². The van der Waals surface area contributed by atoms with E-state index in [1.165, 1.54) is 49.9 Å². The first kappa shape index (κ1) is 15.4. The zero-order chi connectivity index (χ0) is 16.7. The molecule has 5 rings (SSSR count). The summed E-state index contributed by atoms with van der Waals surface area (Å²) >= 11 is 0. The van der Waals surface area contributed by atoms with Crippen LogP contribution in [0.4, 0.5) is 0 Å². The van der Waals surface area contributed by atoms with Gasteiger partial charge in [0, 0.05) is 11.3 Å². The minimum atomic E-state index is -0.0347. The van der Waals surface area contributed by atoms with Crippen LogP contribution in [0.5, 0.6) is 0 Å². The number of rotatable bonds is 0. The van der Waals surface area contributed by atoms with Crippen LogP contribution < -0.4 is 0 Å². The van der Waals surface area contributed by atoms with Crippen LogP contribution in [0.2, 0.25) is 0 Å².